The quantitative estimate of drug-likeness (QED) is 0.463. The highest BCUT2D eigenvalue weighted by molar-refractivity contribution is 7.99. The smallest absolute Gasteiger partial charge is 0.368 e. The molecule has 1 aromatic heterocycles. The van der Waals surface area contributed by atoms with Crippen molar-refractivity contribution in [3.8, 4) is 11.3 Å². The van der Waals surface area contributed by atoms with Gasteiger partial charge in [-0.2, -0.15) is 13.2 Å². The molecule has 168 valence electrons. The lowest BCUT2D eigenvalue weighted by Gasteiger charge is -2.36. The highest BCUT2D eigenvalue weighted by atomic mass is 32.2. The standard InChI is InChI=1S/C22H22F3N5OS/c23-22(24,25)17-7-4-8-18(13-17)28-9-11-29(12-10-28)20(31)15-32-21-27-19(14-30(21)26)16-5-2-1-3-6-16/h1-8,13-14H,9-12,15,26H2. The van der Waals surface area contributed by atoms with Crippen molar-refractivity contribution < 1.29 is 18.0 Å². The van der Waals surface area contributed by atoms with Gasteiger partial charge in [-0.3, -0.25) is 4.79 Å². The molecule has 6 nitrogen and oxygen atoms in total. The SMILES string of the molecule is Nn1cc(-c2ccccc2)nc1SCC(=O)N1CCN(c2cccc(C(F)(F)F)c2)CC1. The first-order chi connectivity index (χ1) is 15.3. The van der Waals surface area contributed by atoms with Crippen LogP contribution in [0.4, 0.5) is 18.9 Å². The van der Waals surface area contributed by atoms with Gasteiger partial charge in [0.1, 0.15) is 0 Å². The first-order valence-corrected chi connectivity index (χ1v) is 11.0. The maximum atomic E-state index is 13.0. The normalized spacial score (nSPS) is 14.6. The van der Waals surface area contributed by atoms with E-state index in [2.05, 4.69) is 4.98 Å². The molecule has 0 atom stereocenters. The molecule has 1 aliphatic rings. The van der Waals surface area contributed by atoms with Crippen molar-refractivity contribution >= 4 is 23.4 Å². The van der Waals surface area contributed by atoms with Crippen LogP contribution in [-0.2, 0) is 11.0 Å². The molecule has 4 rings (SSSR count). The Balaban J connectivity index is 1.32. The van der Waals surface area contributed by atoms with E-state index in [4.69, 9.17) is 5.84 Å². The average molecular weight is 462 g/mol. The third kappa shape index (κ3) is 5.01. The number of rotatable bonds is 5. The molecule has 0 aliphatic carbocycles. The van der Waals surface area contributed by atoms with Gasteiger partial charge >= 0.3 is 6.18 Å². The highest BCUT2D eigenvalue weighted by Gasteiger charge is 2.31. The van der Waals surface area contributed by atoms with Crippen LogP contribution in [0.3, 0.4) is 0 Å². The largest absolute Gasteiger partial charge is 0.416 e. The summed E-state index contributed by atoms with van der Waals surface area (Å²) in [6.07, 6.45) is -2.66. The van der Waals surface area contributed by atoms with Gasteiger partial charge in [0.2, 0.25) is 5.91 Å². The molecule has 1 aliphatic heterocycles. The van der Waals surface area contributed by atoms with Crippen molar-refractivity contribution in [2.24, 2.45) is 0 Å². The summed E-state index contributed by atoms with van der Waals surface area (Å²) in [6.45, 7) is 1.84. The maximum Gasteiger partial charge on any atom is 0.416 e. The van der Waals surface area contributed by atoms with Crippen LogP contribution in [0.1, 0.15) is 5.56 Å². The van der Waals surface area contributed by atoms with E-state index in [0.717, 1.165) is 23.4 Å². The Bertz CT molecular complexity index is 1080. The van der Waals surface area contributed by atoms with E-state index in [1.54, 1.807) is 17.2 Å². The lowest BCUT2D eigenvalue weighted by molar-refractivity contribution is -0.137. The number of nitrogens with zero attached hydrogens (tertiary/aromatic N) is 4. The molecule has 3 aromatic rings. The molecule has 0 radical (unpaired) electrons. The van der Waals surface area contributed by atoms with Crippen LogP contribution in [0, 0.1) is 0 Å². The number of piperazine rings is 1. The van der Waals surface area contributed by atoms with Crippen LogP contribution in [0.25, 0.3) is 11.3 Å². The van der Waals surface area contributed by atoms with Gasteiger partial charge in [0.15, 0.2) is 5.16 Å². The molecule has 2 aromatic carbocycles. The van der Waals surface area contributed by atoms with Gasteiger partial charge in [-0.15, -0.1) is 0 Å². The molecule has 2 heterocycles. The Hall–Kier alpha value is -3.14. The Labute approximate surface area is 187 Å². The zero-order valence-electron chi connectivity index (χ0n) is 17.1. The Kier molecular flexibility index (Phi) is 6.31. The van der Waals surface area contributed by atoms with Crippen molar-refractivity contribution in [2.45, 2.75) is 11.3 Å². The topological polar surface area (TPSA) is 67.4 Å². The molecule has 0 saturated carbocycles. The summed E-state index contributed by atoms with van der Waals surface area (Å²) in [4.78, 5) is 20.7. The van der Waals surface area contributed by atoms with Crippen LogP contribution in [0.2, 0.25) is 0 Å². The van der Waals surface area contributed by atoms with Crippen molar-refractivity contribution in [3.63, 3.8) is 0 Å². The number of carbonyl (C=O) groups excluding carboxylic acids is 1. The van der Waals surface area contributed by atoms with E-state index < -0.39 is 11.7 Å². The van der Waals surface area contributed by atoms with E-state index in [1.165, 1.54) is 22.5 Å². The summed E-state index contributed by atoms with van der Waals surface area (Å²) >= 11 is 1.26. The van der Waals surface area contributed by atoms with Gasteiger partial charge in [0, 0.05) is 37.4 Å². The van der Waals surface area contributed by atoms with Crippen molar-refractivity contribution in [1.82, 2.24) is 14.6 Å². The number of thioether (sulfide) groups is 1. The lowest BCUT2D eigenvalue weighted by atomic mass is 10.1. The number of aromatic nitrogens is 2. The number of imidazole rings is 1. The fourth-order valence-corrected chi connectivity index (χ4v) is 4.34. The second-order valence-electron chi connectivity index (χ2n) is 7.39. The summed E-state index contributed by atoms with van der Waals surface area (Å²) in [7, 11) is 0. The molecular weight excluding hydrogens is 439 g/mol. The molecule has 32 heavy (non-hydrogen) atoms. The summed E-state index contributed by atoms with van der Waals surface area (Å²) < 4.78 is 40.3. The second-order valence-corrected chi connectivity index (χ2v) is 8.33. The minimum absolute atomic E-state index is 0.0528. The minimum atomic E-state index is -4.37. The first-order valence-electron chi connectivity index (χ1n) is 10.0. The summed E-state index contributed by atoms with van der Waals surface area (Å²) in [5.41, 5.74) is 1.52. The molecule has 0 bridgehead atoms. The van der Waals surface area contributed by atoms with E-state index in [-0.39, 0.29) is 11.7 Å². The number of amides is 1. The van der Waals surface area contributed by atoms with Crippen LogP contribution < -0.4 is 10.7 Å². The molecule has 2 N–H and O–H groups in total. The molecule has 10 heteroatoms. The number of alkyl halides is 3. The van der Waals surface area contributed by atoms with Crippen LogP contribution >= 0.6 is 11.8 Å². The minimum Gasteiger partial charge on any atom is -0.368 e. The monoisotopic (exact) mass is 461 g/mol. The van der Waals surface area contributed by atoms with E-state index in [1.807, 2.05) is 35.2 Å². The fraction of sp³-hybridized carbons (Fsp3) is 0.273. The highest BCUT2D eigenvalue weighted by Crippen LogP contribution is 2.32. The van der Waals surface area contributed by atoms with Gasteiger partial charge < -0.3 is 15.6 Å². The third-order valence-corrected chi connectivity index (χ3v) is 6.22. The Morgan fingerprint density at radius 2 is 1.75 bits per heavy atom. The zero-order valence-corrected chi connectivity index (χ0v) is 17.9. The molecular formula is C22H22F3N5OS. The predicted molar refractivity (Wildman–Crippen MR) is 119 cm³/mol. The molecule has 1 saturated heterocycles. The number of hydrogen-bond acceptors (Lipinski definition) is 5. The summed E-state index contributed by atoms with van der Waals surface area (Å²) in [5.74, 6) is 6.12. The summed E-state index contributed by atoms with van der Waals surface area (Å²) in [6, 6.07) is 14.9. The zero-order chi connectivity index (χ0) is 22.7. The molecule has 0 unspecified atom stereocenters. The van der Waals surface area contributed by atoms with Crippen LogP contribution in [-0.4, -0.2) is 52.4 Å². The van der Waals surface area contributed by atoms with Gasteiger partial charge in [-0.1, -0.05) is 48.2 Å². The molecule has 1 amide bonds. The predicted octanol–water partition coefficient (Wildman–Crippen LogP) is 3.72. The maximum absolute atomic E-state index is 13.0. The summed E-state index contributed by atoms with van der Waals surface area (Å²) in [5, 5.41) is 0.541. The molecule has 1 fully saturated rings. The van der Waals surface area contributed by atoms with Gasteiger partial charge in [0.05, 0.1) is 23.2 Å². The number of nitrogens with two attached hydrogens (primary N) is 1. The Morgan fingerprint density at radius 1 is 1.03 bits per heavy atom. The van der Waals surface area contributed by atoms with E-state index in [9.17, 15) is 18.0 Å². The lowest BCUT2D eigenvalue weighted by Crippen LogP contribution is -2.49. The van der Waals surface area contributed by atoms with Gasteiger partial charge in [-0.05, 0) is 18.2 Å². The number of carbonyl (C=O) groups is 1. The number of hydrogen-bond donors (Lipinski definition) is 1. The van der Waals surface area contributed by atoms with E-state index in [0.29, 0.717) is 37.0 Å². The second kappa shape index (κ2) is 9.15. The number of halogens is 3. The van der Waals surface area contributed by atoms with Crippen LogP contribution in [0.15, 0.2) is 66.0 Å². The third-order valence-electron chi connectivity index (χ3n) is 5.26. The van der Waals surface area contributed by atoms with Crippen LogP contribution in [0.5, 0.6) is 0 Å². The Morgan fingerprint density at radius 3 is 2.44 bits per heavy atom. The number of nitrogen functional groups attached to an aromatic ring is 1. The number of benzene rings is 2. The van der Waals surface area contributed by atoms with Crippen molar-refractivity contribution in [1.29, 1.82) is 0 Å². The van der Waals surface area contributed by atoms with Crippen molar-refractivity contribution in [2.75, 3.05) is 42.7 Å². The molecule has 0 spiro atoms. The van der Waals surface area contributed by atoms with E-state index >= 15 is 0 Å². The van der Waals surface area contributed by atoms with Gasteiger partial charge in [-0.25, -0.2) is 9.66 Å². The van der Waals surface area contributed by atoms with Crippen molar-refractivity contribution in [3.05, 3.63) is 66.4 Å². The van der Waals surface area contributed by atoms with Gasteiger partial charge in [0.25, 0.3) is 0 Å². The average Bonchev–Trinajstić information content (AvgIpc) is 3.18. The fourth-order valence-electron chi connectivity index (χ4n) is 3.54. The number of anilines is 1. The first kappa shape index (κ1) is 22.1.